The molecule has 1 unspecified atom stereocenters. The van der Waals surface area contributed by atoms with Crippen molar-refractivity contribution in [2.45, 2.75) is 32.2 Å². The molecule has 4 rings (SSSR count). The smallest absolute Gasteiger partial charge is 0.410 e. The zero-order chi connectivity index (χ0) is 20.4. The van der Waals surface area contributed by atoms with Gasteiger partial charge in [-0.2, -0.15) is 0 Å². The quantitative estimate of drug-likeness (QED) is 0.824. The van der Waals surface area contributed by atoms with E-state index in [1.165, 1.54) is 7.11 Å². The highest BCUT2D eigenvalue weighted by molar-refractivity contribution is 5.69. The van der Waals surface area contributed by atoms with Crippen molar-refractivity contribution in [3.8, 4) is 23.0 Å². The van der Waals surface area contributed by atoms with Gasteiger partial charge in [0.2, 0.25) is 6.79 Å². The number of aromatic hydroxyl groups is 1. The van der Waals surface area contributed by atoms with Crippen LogP contribution in [0.1, 0.15) is 36.1 Å². The summed E-state index contributed by atoms with van der Waals surface area (Å²) in [5.74, 6) is 2.02. The first-order chi connectivity index (χ1) is 14.1. The van der Waals surface area contributed by atoms with Gasteiger partial charge >= 0.3 is 6.09 Å². The van der Waals surface area contributed by atoms with E-state index in [4.69, 9.17) is 18.9 Å². The Morgan fingerprint density at radius 3 is 2.86 bits per heavy atom. The number of hydrogen-bond acceptors (Lipinski definition) is 6. The number of ether oxygens (including phenoxy) is 4. The normalized spacial score (nSPS) is 17.0. The van der Waals surface area contributed by atoms with Crippen LogP contribution in [0.25, 0.3) is 0 Å². The molecular formula is C22H25NO6. The average molecular weight is 399 g/mol. The maximum atomic E-state index is 12.6. The first kappa shape index (κ1) is 19.2. The molecule has 2 aliphatic heterocycles. The Kier molecular flexibility index (Phi) is 5.38. The van der Waals surface area contributed by atoms with Gasteiger partial charge in [0.25, 0.3) is 0 Å². The number of carbonyl (C=O) groups excluding carboxylic acids is 1. The Labute approximate surface area is 169 Å². The Hall–Kier alpha value is -3.09. The second kappa shape index (κ2) is 8.11. The maximum Gasteiger partial charge on any atom is 0.410 e. The zero-order valence-electron chi connectivity index (χ0n) is 16.6. The van der Waals surface area contributed by atoms with Crippen LogP contribution in [-0.2, 0) is 17.6 Å². The van der Waals surface area contributed by atoms with Crippen LogP contribution in [0.3, 0.4) is 0 Å². The lowest BCUT2D eigenvalue weighted by Gasteiger charge is -2.37. The van der Waals surface area contributed by atoms with Gasteiger partial charge in [-0.05, 0) is 67.1 Å². The molecule has 0 saturated heterocycles. The molecule has 2 heterocycles. The summed E-state index contributed by atoms with van der Waals surface area (Å²) in [4.78, 5) is 14.3. The second-order valence-electron chi connectivity index (χ2n) is 7.11. The van der Waals surface area contributed by atoms with Crippen LogP contribution in [0, 0.1) is 0 Å². The zero-order valence-corrected chi connectivity index (χ0v) is 16.6. The van der Waals surface area contributed by atoms with Crippen molar-refractivity contribution in [3.05, 3.63) is 47.0 Å². The van der Waals surface area contributed by atoms with Crippen molar-refractivity contribution in [1.82, 2.24) is 4.90 Å². The summed E-state index contributed by atoms with van der Waals surface area (Å²) >= 11 is 0. The number of hydrogen-bond donors (Lipinski definition) is 1. The van der Waals surface area contributed by atoms with E-state index in [9.17, 15) is 9.90 Å². The first-order valence-corrected chi connectivity index (χ1v) is 9.82. The summed E-state index contributed by atoms with van der Waals surface area (Å²) in [6.07, 6.45) is 1.79. The average Bonchev–Trinajstić information content (AvgIpc) is 3.19. The van der Waals surface area contributed by atoms with Gasteiger partial charge < -0.3 is 29.0 Å². The number of carbonyl (C=O) groups is 1. The van der Waals surface area contributed by atoms with E-state index in [1.54, 1.807) is 17.9 Å². The van der Waals surface area contributed by atoms with Gasteiger partial charge in [-0.15, -0.1) is 0 Å². The molecule has 0 saturated carbocycles. The number of methoxy groups -OCH3 is 1. The lowest BCUT2D eigenvalue weighted by Crippen LogP contribution is -2.40. The molecule has 2 aromatic rings. The molecule has 154 valence electrons. The van der Waals surface area contributed by atoms with E-state index < -0.39 is 0 Å². The largest absolute Gasteiger partial charge is 0.504 e. The molecular weight excluding hydrogens is 374 g/mol. The fraction of sp³-hybridized carbons (Fsp3) is 0.409. The van der Waals surface area contributed by atoms with Gasteiger partial charge in [0.05, 0.1) is 19.8 Å². The number of phenolic OH excluding ortho intramolecular Hbond substituents is 1. The Morgan fingerprint density at radius 1 is 1.24 bits per heavy atom. The molecule has 0 spiro atoms. The highest BCUT2D eigenvalue weighted by atomic mass is 16.7. The molecule has 1 amide bonds. The molecule has 2 aliphatic rings. The summed E-state index contributed by atoms with van der Waals surface area (Å²) in [5, 5.41) is 10.3. The van der Waals surface area contributed by atoms with Crippen LogP contribution in [0.15, 0.2) is 30.3 Å². The van der Waals surface area contributed by atoms with E-state index >= 15 is 0 Å². The van der Waals surface area contributed by atoms with Gasteiger partial charge in [0, 0.05) is 6.54 Å². The molecule has 0 fully saturated rings. The number of nitrogens with zero attached hydrogens (tertiary/aromatic N) is 1. The Morgan fingerprint density at radius 2 is 2.07 bits per heavy atom. The molecule has 0 aliphatic carbocycles. The molecule has 1 atom stereocenters. The minimum absolute atomic E-state index is 0.0741. The van der Waals surface area contributed by atoms with Crippen molar-refractivity contribution >= 4 is 6.09 Å². The van der Waals surface area contributed by atoms with Crippen molar-refractivity contribution in [1.29, 1.82) is 0 Å². The van der Waals surface area contributed by atoms with E-state index in [0.717, 1.165) is 34.6 Å². The molecule has 0 bridgehead atoms. The fourth-order valence-corrected chi connectivity index (χ4v) is 4.02. The third-order valence-electron chi connectivity index (χ3n) is 5.44. The molecule has 7 heteroatoms. The van der Waals surface area contributed by atoms with Crippen molar-refractivity contribution in [3.63, 3.8) is 0 Å². The third kappa shape index (κ3) is 3.77. The van der Waals surface area contributed by atoms with Gasteiger partial charge in [0.1, 0.15) is 0 Å². The maximum absolute atomic E-state index is 12.6. The van der Waals surface area contributed by atoms with Crippen LogP contribution in [0.5, 0.6) is 23.0 Å². The van der Waals surface area contributed by atoms with E-state index in [1.807, 2.05) is 24.3 Å². The summed E-state index contributed by atoms with van der Waals surface area (Å²) in [6.45, 7) is 2.93. The second-order valence-corrected chi connectivity index (χ2v) is 7.11. The standard InChI is InChI=1S/C22H25NO6/c1-3-27-22(25)23-9-8-15-11-20(26-2)18(24)12-16(15)17(23)6-4-14-5-7-19-21(10-14)29-13-28-19/h5,7,10-12,17,24H,3-4,6,8-9,13H2,1-2H3. The topological polar surface area (TPSA) is 77.5 Å². The van der Waals surface area contributed by atoms with Crippen LogP contribution >= 0.6 is 0 Å². The van der Waals surface area contributed by atoms with Gasteiger partial charge in [-0.1, -0.05) is 6.07 Å². The summed E-state index contributed by atoms with van der Waals surface area (Å²) in [5.41, 5.74) is 3.11. The molecule has 0 radical (unpaired) electrons. The molecule has 29 heavy (non-hydrogen) atoms. The predicted octanol–water partition coefficient (Wildman–Crippen LogP) is 3.82. The van der Waals surface area contributed by atoms with Gasteiger partial charge in [-0.3, -0.25) is 0 Å². The van der Waals surface area contributed by atoms with Crippen molar-refractivity contribution in [2.75, 3.05) is 27.1 Å². The minimum atomic E-state index is -0.329. The molecule has 7 nitrogen and oxygen atoms in total. The highest BCUT2D eigenvalue weighted by Crippen LogP contribution is 2.40. The fourth-order valence-electron chi connectivity index (χ4n) is 4.02. The predicted molar refractivity (Wildman–Crippen MR) is 106 cm³/mol. The third-order valence-corrected chi connectivity index (χ3v) is 5.44. The van der Waals surface area contributed by atoms with Crippen molar-refractivity contribution < 1.29 is 28.8 Å². The van der Waals surface area contributed by atoms with Gasteiger partial charge in [0.15, 0.2) is 23.0 Å². The van der Waals surface area contributed by atoms with Gasteiger partial charge in [-0.25, -0.2) is 4.79 Å². The number of benzene rings is 2. The first-order valence-electron chi connectivity index (χ1n) is 9.82. The molecule has 0 aromatic heterocycles. The number of amides is 1. The Bertz CT molecular complexity index is 912. The Balaban J connectivity index is 1.61. The van der Waals surface area contributed by atoms with Crippen LogP contribution in [0.2, 0.25) is 0 Å². The summed E-state index contributed by atoms with van der Waals surface area (Å²) < 4.78 is 21.4. The number of aryl methyl sites for hydroxylation is 1. The number of fused-ring (bicyclic) bond motifs is 2. The monoisotopic (exact) mass is 399 g/mol. The van der Waals surface area contributed by atoms with Crippen LogP contribution in [0.4, 0.5) is 4.79 Å². The van der Waals surface area contributed by atoms with Crippen LogP contribution in [-0.4, -0.2) is 43.2 Å². The number of phenols is 1. The lowest BCUT2D eigenvalue weighted by atomic mass is 9.88. The van der Waals surface area contributed by atoms with E-state index in [2.05, 4.69) is 0 Å². The summed E-state index contributed by atoms with van der Waals surface area (Å²) in [7, 11) is 1.53. The van der Waals surface area contributed by atoms with Crippen molar-refractivity contribution in [2.24, 2.45) is 0 Å². The number of rotatable bonds is 5. The molecule has 1 N–H and O–H groups in total. The lowest BCUT2D eigenvalue weighted by molar-refractivity contribution is 0.0843. The van der Waals surface area contributed by atoms with E-state index in [0.29, 0.717) is 31.7 Å². The van der Waals surface area contributed by atoms with Crippen LogP contribution < -0.4 is 14.2 Å². The van der Waals surface area contributed by atoms with E-state index in [-0.39, 0.29) is 24.7 Å². The minimum Gasteiger partial charge on any atom is -0.504 e. The summed E-state index contributed by atoms with van der Waals surface area (Å²) in [6, 6.07) is 9.28. The highest BCUT2D eigenvalue weighted by Gasteiger charge is 2.32. The SMILES string of the molecule is CCOC(=O)N1CCc2cc(OC)c(O)cc2C1CCc1ccc2c(c1)OCO2. The molecule has 2 aromatic carbocycles.